The Labute approximate surface area is 193 Å². The van der Waals surface area contributed by atoms with Crippen LogP contribution in [0.3, 0.4) is 0 Å². The molecule has 11 heteroatoms. The van der Waals surface area contributed by atoms with Gasteiger partial charge in [-0.25, -0.2) is 4.79 Å². The number of hydrazone groups is 1. The number of nitrogens with zero attached hydrogens (tertiary/aromatic N) is 4. The number of aromatic amines is 1. The number of aromatic nitrogens is 4. The van der Waals surface area contributed by atoms with E-state index in [1.165, 1.54) is 10.8 Å². The summed E-state index contributed by atoms with van der Waals surface area (Å²) in [6.07, 6.45) is 4.01. The Morgan fingerprint density at radius 2 is 1.82 bits per heavy atom. The minimum Gasteiger partial charge on any atom is -0.394 e. The van der Waals surface area contributed by atoms with Crippen molar-refractivity contribution in [3.05, 3.63) is 98.9 Å². The first kappa shape index (κ1) is 21.9. The van der Waals surface area contributed by atoms with Crippen molar-refractivity contribution < 1.29 is 14.9 Å². The van der Waals surface area contributed by atoms with E-state index < -0.39 is 35.6 Å². The standard InChI is InChI=1S/C23H22N6O5/c30-12-19-18(31)10-20(34-19)29-11-14(22(32)26-23(29)33)13-9-17(15-5-1-3-7-24-15)27-28-21(13)16-6-2-4-8-25-16/h1-9,11,13,18-20,27,30-31H,10,12H2,(H,26,32,33)/t13?,18-,19?,20?/m1/s1. The Morgan fingerprint density at radius 1 is 1.09 bits per heavy atom. The van der Waals surface area contributed by atoms with E-state index in [-0.39, 0.29) is 18.6 Å². The van der Waals surface area contributed by atoms with Crippen molar-refractivity contribution in [1.82, 2.24) is 24.9 Å². The second-order valence-electron chi connectivity index (χ2n) is 7.96. The Bertz CT molecular complexity index is 1350. The maximum Gasteiger partial charge on any atom is 0.330 e. The molecule has 5 heterocycles. The lowest BCUT2D eigenvalue weighted by atomic mass is 9.91. The predicted molar refractivity (Wildman–Crippen MR) is 122 cm³/mol. The quantitative estimate of drug-likeness (QED) is 0.416. The van der Waals surface area contributed by atoms with Crippen molar-refractivity contribution in [2.24, 2.45) is 5.10 Å². The number of aliphatic hydroxyl groups is 2. The van der Waals surface area contributed by atoms with Gasteiger partial charge in [-0.15, -0.1) is 0 Å². The van der Waals surface area contributed by atoms with Crippen molar-refractivity contribution in [3.8, 4) is 0 Å². The number of nitrogens with one attached hydrogen (secondary N) is 2. The van der Waals surface area contributed by atoms with E-state index in [4.69, 9.17) is 4.74 Å². The van der Waals surface area contributed by atoms with Crippen molar-refractivity contribution in [2.75, 3.05) is 6.61 Å². The largest absolute Gasteiger partial charge is 0.394 e. The molecule has 34 heavy (non-hydrogen) atoms. The zero-order valence-corrected chi connectivity index (χ0v) is 17.9. The van der Waals surface area contributed by atoms with Crippen molar-refractivity contribution in [2.45, 2.75) is 30.8 Å². The number of allylic oxidation sites excluding steroid dienone is 1. The summed E-state index contributed by atoms with van der Waals surface area (Å²) in [5.74, 6) is -0.663. The molecule has 1 fully saturated rings. The average Bonchev–Trinajstić information content (AvgIpc) is 3.25. The second-order valence-corrected chi connectivity index (χ2v) is 7.96. The maximum atomic E-state index is 13.0. The van der Waals surface area contributed by atoms with E-state index in [0.717, 1.165) is 0 Å². The number of rotatable bonds is 5. The average molecular weight is 462 g/mol. The van der Waals surface area contributed by atoms with Gasteiger partial charge in [-0.1, -0.05) is 12.1 Å². The van der Waals surface area contributed by atoms with Crippen LogP contribution in [0.4, 0.5) is 0 Å². The van der Waals surface area contributed by atoms with Gasteiger partial charge >= 0.3 is 5.69 Å². The number of hydrogen-bond acceptors (Lipinski definition) is 9. The molecule has 5 rings (SSSR count). The van der Waals surface area contributed by atoms with Gasteiger partial charge in [0.1, 0.15) is 12.3 Å². The molecule has 0 saturated carbocycles. The van der Waals surface area contributed by atoms with Crippen LogP contribution in [-0.4, -0.2) is 54.3 Å². The predicted octanol–water partition coefficient (Wildman–Crippen LogP) is 0.0995. The van der Waals surface area contributed by atoms with E-state index in [1.54, 1.807) is 36.7 Å². The highest BCUT2D eigenvalue weighted by atomic mass is 16.5. The number of pyridine rings is 2. The molecule has 0 spiro atoms. The molecule has 3 unspecified atom stereocenters. The molecule has 4 N–H and O–H groups in total. The molecule has 0 radical (unpaired) electrons. The van der Waals surface area contributed by atoms with Crippen molar-refractivity contribution in [3.63, 3.8) is 0 Å². The second kappa shape index (κ2) is 9.14. The van der Waals surface area contributed by atoms with Gasteiger partial charge < -0.3 is 14.9 Å². The maximum absolute atomic E-state index is 13.0. The zero-order chi connectivity index (χ0) is 23.7. The van der Waals surface area contributed by atoms with Gasteiger partial charge in [-0.05, 0) is 30.3 Å². The molecule has 0 bridgehead atoms. The highest BCUT2D eigenvalue weighted by Gasteiger charge is 2.36. The van der Waals surface area contributed by atoms with Crippen LogP contribution in [0.15, 0.2) is 75.8 Å². The fourth-order valence-electron chi connectivity index (χ4n) is 4.09. The minimum atomic E-state index is -0.933. The molecule has 1 saturated heterocycles. The number of hydrogen-bond donors (Lipinski definition) is 4. The topological polar surface area (TPSA) is 155 Å². The highest BCUT2D eigenvalue weighted by molar-refractivity contribution is 6.06. The number of ether oxygens (including phenoxy) is 1. The summed E-state index contributed by atoms with van der Waals surface area (Å²) in [6, 6.07) is 10.8. The zero-order valence-electron chi connectivity index (χ0n) is 17.9. The Kier molecular flexibility index (Phi) is 5.88. The molecule has 4 atom stereocenters. The summed E-state index contributed by atoms with van der Waals surface area (Å²) in [7, 11) is 0. The first-order valence-corrected chi connectivity index (χ1v) is 10.7. The van der Waals surface area contributed by atoms with Crippen LogP contribution in [-0.2, 0) is 4.74 Å². The first-order chi connectivity index (χ1) is 16.5. The molecule has 0 aromatic carbocycles. The van der Waals surface area contributed by atoms with E-state index in [1.807, 2.05) is 18.2 Å². The van der Waals surface area contributed by atoms with Crippen LogP contribution in [0.5, 0.6) is 0 Å². The molecule has 11 nitrogen and oxygen atoms in total. The third-order valence-corrected chi connectivity index (χ3v) is 5.82. The lowest BCUT2D eigenvalue weighted by Crippen LogP contribution is -2.37. The summed E-state index contributed by atoms with van der Waals surface area (Å²) in [6.45, 7) is -0.385. The number of H-pyrrole nitrogens is 1. The van der Waals surface area contributed by atoms with E-state index in [9.17, 15) is 19.8 Å². The monoisotopic (exact) mass is 462 g/mol. The van der Waals surface area contributed by atoms with Gasteiger partial charge in [0.05, 0.1) is 41.4 Å². The summed E-state index contributed by atoms with van der Waals surface area (Å²) in [5.41, 5.74) is 4.23. The molecule has 3 aromatic rings. The Balaban J connectivity index is 1.61. The van der Waals surface area contributed by atoms with Gasteiger partial charge in [0.15, 0.2) is 0 Å². The van der Waals surface area contributed by atoms with Gasteiger partial charge in [-0.2, -0.15) is 5.10 Å². The Hall–Kier alpha value is -3.93. The van der Waals surface area contributed by atoms with Crippen LogP contribution in [0.1, 0.15) is 35.5 Å². The molecule has 174 valence electrons. The molecule has 2 aliphatic rings. The summed E-state index contributed by atoms with van der Waals surface area (Å²) in [4.78, 5) is 36.6. The summed E-state index contributed by atoms with van der Waals surface area (Å²) < 4.78 is 6.86. The Morgan fingerprint density at radius 3 is 2.47 bits per heavy atom. The minimum absolute atomic E-state index is 0.0963. The van der Waals surface area contributed by atoms with E-state index >= 15 is 0 Å². The lowest BCUT2D eigenvalue weighted by molar-refractivity contribution is -0.0459. The summed E-state index contributed by atoms with van der Waals surface area (Å²) in [5, 5.41) is 24.0. The van der Waals surface area contributed by atoms with Crippen molar-refractivity contribution in [1.29, 1.82) is 0 Å². The smallest absolute Gasteiger partial charge is 0.330 e. The molecule has 3 aromatic heterocycles. The normalized spacial score (nSPS) is 24.3. The molecule has 0 aliphatic carbocycles. The van der Waals surface area contributed by atoms with Crippen LogP contribution in [0.2, 0.25) is 0 Å². The van der Waals surface area contributed by atoms with E-state index in [0.29, 0.717) is 22.8 Å². The third kappa shape index (κ3) is 4.07. The fourth-order valence-corrected chi connectivity index (χ4v) is 4.09. The first-order valence-electron chi connectivity index (χ1n) is 10.7. The van der Waals surface area contributed by atoms with Crippen LogP contribution < -0.4 is 16.7 Å². The van der Waals surface area contributed by atoms with E-state index in [2.05, 4.69) is 25.5 Å². The molecular weight excluding hydrogens is 440 g/mol. The lowest BCUT2D eigenvalue weighted by Gasteiger charge is -2.23. The van der Waals surface area contributed by atoms with Gasteiger partial charge in [-0.3, -0.25) is 29.7 Å². The highest BCUT2D eigenvalue weighted by Crippen LogP contribution is 2.30. The van der Waals surface area contributed by atoms with Crippen molar-refractivity contribution >= 4 is 11.4 Å². The fraction of sp³-hybridized carbons (Fsp3) is 0.261. The molecule has 0 amide bonds. The van der Waals surface area contributed by atoms with Crippen LogP contribution in [0.25, 0.3) is 5.70 Å². The van der Waals surface area contributed by atoms with Gasteiger partial charge in [0, 0.05) is 30.6 Å². The SMILES string of the molecule is O=c1[nH]c(=O)n(C2C[C@@H](O)C(CO)O2)cc1C1C=C(c2ccccn2)NN=C1c1ccccn1. The van der Waals surface area contributed by atoms with Gasteiger partial charge in [0.2, 0.25) is 0 Å². The van der Waals surface area contributed by atoms with Crippen LogP contribution >= 0.6 is 0 Å². The molecule has 2 aliphatic heterocycles. The third-order valence-electron chi connectivity index (χ3n) is 5.82. The molecular formula is C23H22N6O5. The van der Waals surface area contributed by atoms with Crippen LogP contribution in [0, 0.1) is 0 Å². The number of aliphatic hydroxyl groups excluding tert-OH is 2. The van der Waals surface area contributed by atoms with Gasteiger partial charge in [0.25, 0.3) is 5.56 Å². The summed E-state index contributed by atoms with van der Waals surface area (Å²) >= 11 is 0.